The number of nitrogens with zero attached hydrogens (tertiary/aromatic N) is 6. The number of aryl methyl sites for hydroxylation is 1. The third-order valence-electron chi connectivity index (χ3n) is 12.3. The van der Waals surface area contributed by atoms with E-state index in [1.807, 2.05) is 30.0 Å². The van der Waals surface area contributed by atoms with Crippen molar-refractivity contribution in [3.8, 4) is 5.75 Å². The predicted octanol–water partition coefficient (Wildman–Crippen LogP) is 4.19. The van der Waals surface area contributed by atoms with E-state index in [4.69, 9.17) is 14.7 Å². The fourth-order valence-electron chi connectivity index (χ4n) is 8.86. The molecule has 274 valence electrons. The van der Waals surface area contributed by atoms with Gasteiger partial charge in [0.2, 0.25) is 5.91 Å². The minimum atomic E-state index is -0.353. The smallest absolute Gasteiger partial charge is 0.261 e. The minimum absolute atomic E-state index is 0.00498. The first-order chi connectivity index (χ1) is 24.4. The van der Waals surface area contributed by atoms with Gasteiger partial charge < -0.3 is 25.2 Å². The van der Waals surface area contributed by atoms with Gasteiger partial charge in [0.1, 0.15) is 17.4 Å². The van der Waals surface area contributed by atoms with Gasteiger partial charge in [-0.25, -0.2) is 14.4 Å². The number of carbonyl (C=O) groups excluding carboxylic acids is 1. The zero-order valence-corrected chi connectivity index (χ0v) is 30.9. The van der Waals surface area contributed by atoms with Gasteiger partial charge in [-0.3, -0.25) is 19.1 Å². The highest BCUT2D eigenvalue weighted by Gasteiger charge is 2.56. The van der Waals surface area contributed by atoms with Crippen LogP contribution in [-0.4, -0.2) is 102 Å². The van der Waals surface area contributed by atoms with E-state index in [0.29, 0.717) is 83.2 Å². The van der Waals surface area contributed by atoms with Crippen LogP contribution < -0.4 is 20.9 Å². The molecule has 12 heteroatoms. The Kier molecular flexibility index (Phi) is 9.84. The summed E-state index contributed by atoms with van der Waals surface area (Å²) in [5.74, 6) is 3.18. The van der Waals surface area contributed by atoms with E-state index >= 15 is 0 Å². The maximum Gasteiger partial charge on any atom is 0.261 e. The number of guanidine groups is 1. The van der Waals surface area contributed by atoms with Crippen LogP contribution in [0.4, 0.5) is 10.1 Å². The molecule has 3 aromatic rings. The van der Waals surface area contributed by atoms with Crippen LogP contribution >= 0.6 is 0 Å². The molecule has 5 fully saturated rings. The number of nitrogens with one attached hydrogen (secondary N) is 2. The summed E-state index contributed by atoms with van der Waals surface area (Å²) in [5.41, 5.74) is 2.09. The monoisotopic (exact) mass is 700 g/mol. The Hall–Kier alpha value is -4.03. The first-order valence-corrected chi connectivity index (χ1v) is 18.6. The number of amides is 1. The van der Waals surface area contributed by atoms with Crippen LogP contribution in [0.25, 0.3) is 10.9 Å². The molecule has 51 heavy (non-hydrogen) atoms. The number of hydrogen-bond acceptors (Lipinski definition) is 7. The molecule has 0 spiro atoms. The Morgan fingerprint density at radius 3 is 2.57 bits per heavy atom. The molecule has 5 atom stereocenters. The van der Waals surface area contributed by atoms with Gasteiger partial charge in [-0.05, 0) is 86.2 Å². The van der Waals surface area contributed by atoms with Crippen LogP contribution in [0.2, 0.25) is 0 Å². The van der Waals surface area contributed by atoms with Crippen LogP contribution in [0.1, 0.15) is 51.9 Å². The minimum Gasteiger partial charge on any atom is -0.497 e. The van der Waals surface area contributed by atoms with Crippen molar-refractivity contribution in [2.75, 3.05) is 58.7 Å². The molecule has 0 radical (unpaired) electrons. The molecule has 8 rings (SSSR count). The molecule has 1 unspecified atom stereocenters. The number of anilines is 1. The van der Waals surface area contributed by atoms with E-state index in [9.17, 15) is 14.0 Å². The summed E-state index contributed by atoms with van der Waals surface area (Å²) >= 11 is 0. The molecule has 3 aliphatic carbocycles. The highest BCUT2D eigenvalue weighted by Crippen LogP contribution is 2.61. The molecule has 2 N–H and O–H groups in total. The van der Waals surface area contributed by atoms with Gasteiger partial charge in [-0.1, -0.05) is 26.8 Å². The van der Waals surface area contributed by atoms with Gasteiger partial charge in [-0.15, -0.1) is 0 Å². The zero-order chi connectivity index (χ0) is 36.0. The lowest BCUT2D eigenvalue weighted by Gasteiger charge is -2.61. The van der Waals surface area contributed by atoms with Crippen molar-refractivity contribution < 1.29 is 13.9 Å². The van der Waals surface area contributed by atoms with E-state index in [1.165, 1.54) is 19.6 Å². The van der Waals surface area contributed by atoms with Gasteiger partial charge in [0, 0.05) is 57.1 Å². The van der Waals surface area contributed by atoms with Crippen molar-refractivity contribution in [2.45, 2.75) is 72.1 Å². The highest BCUT2D eigenvalue weighted by molar-refractivity contribution is 5.98. The number of methoxy groups -OCH3 is 1. The number of benzene rings is 2. The Morgan fingerprint density at radius 2 is 1.88 bits per heavy atom. The summed E-state index contributed by atoms with van der Waals surface area (Å²) in [4.78, 5) is 44.0. The summed E-state index contributed by atoms with van der Waals surface area (Å²) in [7, 11) is 3.63. The summed E-state index contributed by atoms with van der Waals surface area (Å²) in [6, 6.07) is 10.6. The molecule has 11 nitrogen and oxygen atoms in total. The van der Waals surface area contributed by atoms with Crippen molar-refractivity contribution in [3.05, 3.63) is 64.0 Å². The van der Waals surface area contributed by atoms with Crippen molar-refractivity contribution in [1.82, 2.24) is 29.6 Å². The quantitative estimate of drug-likeness (QED) is 0.266. The van der Waals surface area contributed by atoms with E-state index in [-0.39, 0.29) is 35.9 Å². The standard InChI is InChI=1S/C39H53FN8O3/c1-24-21-47(23-36(49)41-24)38(44-33-18-27-17-31(25(33)2)39(27,3)4)42-28-8-10-30-34(19-28)43-35(22-46-15-13-45(5)14-16-46)48(37(30)50)12-11-26-7-9-29(51-6)20-32(26)40/h7-10,19-20,24-25,27,31,33H,11-18,21-23H2,1-6H3,(H,41,49)(H,42,44)/t24-,25-,27+,31-,33?/m0/s1. The lowest BCUT2D eigenvalue weighted by molar-refractivity contribution is -0.124. The van der Waals surface area contributed by atoms with E-state index in [0.717, 1.165) is 38.3 Å². The topological polar surface area (TPSA) is 107 Å². The van der Waals surface area contributed by atoms with E-state index < -0.39 is 0 Å². The molecule has 2 aliphatic heterocycles. The summed E-state index contributed by atoms with van der Waals surface area (Å²) in [6.45, 7) is 14.5. The number of aliphatic imine (C=N–C) groups is 1. The molecule has 1 amide bonds. The number of likely N-dealkylation sites (N-methyl/N-ethyl adjacent to an activating group) is 1. The van der Waals surface area contributed by atoms with Crippen LogP contribution in [0.5, 0.6) is 5.75 Å². The molecule has 1 aromatic heterocycles. The summed E-state index contributed by atoms with van der Waals surface area (Å²) in [5, 5.41) is 7.12. The highest BCUT2D eigenvalue weighted by atomic mass is 19.1. The predicted molar refractivity (Wildman–Crippen MR) is 199 cm³/mol. The fourth-order valence-corrected chi connectivity index (χ4v) is 8.86. The van der Waals surface area contributed by atoms with E-state index in [2.05, 4.69) is 48.3 Å². The van der Waals surface area contributed by atoms with Gasteiger partial charge >= 0.3 is 0 Å². The van der Waals surface area contributed by atoms with Gasteiger partial charge in [-0.2, -0.15) is 0 Å². The average molecular weight is 701 g/mol. The zero-order valence-electron chi connectivity index (χ0n) is 30.9. The maximum absolute atomic E-state index is 14.9. The number of halogens is 1. The first-order valence-electron chi connectivity index (χ1n) is 18.6. The number of hydrogen-bond donors (Lipinski definition) is 2. The van der Waals surface area contributed by atoms with Crippen molar-refractivity contribution in [2.24, 2.45) is 28.2 Å². The van der Waals surface area contributed by atoms with Crippen LogP contribution in [0.15, 0.2) is 46.2 Å². The van der Waals surface area contributed by atoms with Crippen molar-refractivity contribution in [1.29, 1.82) is 0 Å². The second kappa shape index (κ2) is 14.2. The second-order valence-electron chi connectivity index (χ2n) is 16.0. The number of piperazine rings is 2. The largest absolute Gasteiger partial charge is 0.497 e. The molecular formula is C39H53FN8O3. The van der Waals surface area contributed by atoms with Crippen LogP contribution in [-0.2, 0) is 24.3 Å². The van der Waals surface area contributed by atoms with Crippen LogP contribution in [0.3, 0.4) is 0 Å². The summed E-state index contributed by atoms with van der Waals surface area (Å²) < 4.78 is 21.8. The average Bonchev–Trinajstić information content (AvgIpc) is 3.09. The number of rotatable bonds is 8. The SMILES string of the molecule is COc1ccc(CCn2c(CN3CCN(C)CC3)nc3cc(N/C(=N/C4C[C@H]5C[C@@H]([C@@H]4C)C5(C)C)N4CC(=O)N[C@@H](C)C4)ccc3c2=O)c(F)c1. The van der Waals surface area contributed by atoms with Crippen LogP contribution in [0, 0.1) is 29.0 Å². The molecular weight excluding hydrogens is 647 g/mol. The molecule has 2 bridgehead atoms. The lowest BCUT2D eigenvalue weighted by atomic mass is 9.45. The number of fused-ring (bicyclic) bond motifs is 3. The van der Waals surface area contributed by atoms with Crippen molar-refractivity contribution in [3.63, 3.8) is 0 Å². The molecule has 3 saturated carbocycles. The fraction of sp³-hybridized carbons (Fsp3) is 0.590. The second-order valence-corrected chi connectivity index (χ2v) is 16.0. The normalized spacial score (nSPS) is 26.9. The molecule has 2 saturated heterocycles. The first kappa shape index (κ1) is 35.4. The molecule has 2 aromatic carbocycles. The number of carbonyl (C=O) groups is 1. The number of ether oxygens (including phenoxy) is 1. The molecule has 5 aliphatic rings. The van der Waals surface area contributed by atoms with E-state index in [1.54, 1.807) is 16.7 Å². The number of aromatic nitrogens is 2. The molecule has 3 heterocycles. The Morgan fingerprint density at radius 1 is 1.10 bits per heavy atom. The Balaban J connectivity index is 1.21. The van der Waals surface area contributed by atoms with Gasteiger partial charge in [0.15, 0.2) is 5.96 Å². The van der Waals surface area contributed by atoms with Gasteiger partial charge in [0.05, 0.1) is 37.1 Å². The Labute approximate surface area is 300 Å². The van der Waals surface area contributed by atoms with Gasteiger partial charge in [0.25, 0.3) is 5.56 Å². The third kappa shape index (κ3) is 7.22. The Bertz CT molecular complexity index is 1870. The van der Waals surface area contributed by atoms with Crippen molar-refractivity contribution >= 4 is 28.5 Å². The lowest BCUT2D eigenvalue weighted by Crippen LogP contribution is -2.58. The maximum atomic E-state index is 14.9. The summed E-state index contributed by atoms with van der Waals surface area (Å²) in [6.07, 6.45) is 2.66. The third-order valence-corrected chi connectivity index (χ3v) is 12.3.